The van der Waals surface area contributed by atoms with Gasteiger partial charge in [0.1, 0.15) is 0 Å². The SMILES string of the molecule is O=P(=O)OP(=O)(O)OP(=O)(O)OP(=O)(O)OP(=O)(O)OP(=O)(O)O. The van der Waals surface area contributed by atoms with E-state index in [1.165, 1.54) is 0 Å². The van der Waals surface area contributed by atoms with Crippen molar-refractivity contribution in [3.63, 3.8) is 0 Å². The van der Waals surface area contributed by atoms with Gasteiger partial charge in [0.05, 0.1) is 0 Å². The average Bonchev–Trinajstić information content (AvgIpc) is 2.00. The molecule has 0 saturated heterocycles. The highest BCUT2D eigenvalue weighted by atomic mass is 31.3. The van der Waals surface area contributed by atoms with Gasteiger partial charge in [-0.1, -0.05) is 0 Å². The topological polar surface area (TPSA) is 287 Å². The first-order chi connectivity index (χ1) is 10.2. The summed E-state index contributed by atoms with van der Waals surface area (Å²) in [6.07, 6.45) is 0. The molecule has 0 saturated carbocycles. The van der Waals surface area contributed by atoms with E-state index in [0.29, 0.717) is 0 Å². The zero-order valence-corrected chi connectivity index (χ0v) is 15.6. The van der Waals surface area contributed by atoms with Gasteiger partial charge < -0.3 is 29.4 Å². The quantitative estimate of drug-likeness (QED) is 0.234. The molecular formula is H6O18P6. The van der Waals surface area contributed by atoms with Crippen LogP contribution in [0.1, 0.15) is 0 Å². The Bertz CT molecular complexity index is 748. The molecule has 0 fully saturated rings. The van der Waals surface area contributed by atoms with Crippen molar-refractivity contribution >= 4 is 47.0 Å². The van der Waals surface area contributed by atoms with Crippen LogP contribution >= 0.6 is 47.0 Å². The average molecular weight is 480 g/mol. The molecule has 0 heterocycles. The summed E-state index contributed by atoms with van der Waals surface area (Å²) in [6, 6.07) is 0. The minimum Gasteiger partial charge on any atom is -0.302 e. The van der Waals surface area contributed by atoms with Gasteiger partial charge in [-0.25, -0.2) is 32.0 Å². The van der Waals surface area contributed by atoms with Crippen LogP contribution in [0.5, 0.6) is 0 Å². The minimum atomic E-state index is -6.20. The summed E-state index contributed by atoms with van der Waals surface area (Å²) in [7, 11) is -34.1. The van der Waals surface area contributed by atoms with Gasteiger partial charge in [0.15, 0.2) is 0 Å². The third-order valence-corrected chi connectivity index (χ3v) is 8.99. The summed E-state index contributed by atoms with van der Waals surface area (Å²) < 4.78 is 90.1. The molecule has 0 aromatic rings. The maximum atomic E-state index is 11.1. The molecule has 24 heteroatoms. The number of phosphoric acid groups is 5. The van der Waals surface area contributed by atoms with Crippen molar-refractivity contribution in [1.29, 1.82) is 0 Å². The number of hydrogen-bond donors (Lipinski definition) is 6. The van der Waals surface area contributed by atoms with Crippen LogP contribution in [0.4, 0.5) is 0 Å². The zero-order chi connectivity index (χ0) is 19.6. The molecule has 0 aromatic heterocycles. The Morgan fingerprint density at radius 2 is 0.833 bits per heavy atom. The van der Waals surface area contributed by atoms with Crippen LogP contribution in [0.3, 0.4) is 0 Å². The molecule has 0 amide bonds. The van der Waals surface area contributed by atoms with Crippen molar-refractivity contribution in [1.82, 2.24) is 0 Å². The van der Waals surface area contributed by atoms with E-state index in [1.807, 2.05) is 0 Å². The molecular weight excluding hydrogens is 474 g/mol. The first-order valence-electron chi connectivity index (χ1n) is 4.30. The van der Waals surface area contributed by atoms with Crippen molar-refractivity contribution in [3.05, 3.63) is 0 Å². The molecule has 0 spiro atoms. The second-order valence-electron chi connectivity index (χ2n) is 3.00. The summed E-state index contributed by atoms with van der Waals surface area (Å²) >= 11 is 0. The third-order valence-electron chi connectivity index (χ3n) is 0.998. The maximum Gasteiger partial charge on any atom is 0.493 e. The summed E-state index contributed by atoms with van der Waals surface area (Å²) in [5.41, 5.74) is 0. The van der Waals surface area contributed by atoms with Gasteiger partial charge in [-0.15, -0.1) is 0 Å². The number of hydrogen-bond acceptors (Lipinski definition) is 12. The molecule has 4 atom stereocenters. The van der Waals surface area contributed by atoms with E-state index in [9.17, 15) is 32.0 Å². The summed E-state index contributed by atoms with van der Waals surface area (Å²) in [5, 5.41) is 0. The van der Waals surface area contributed by atoms with Crippen molar-refractivity contribution in [2.45, 2.75) is 0 Å². The molecule has 4 unspecified atom stereocenters. The second kappa shape index (κ2) is 8.10. The van der Waals surface area contributed by atoms with E-state index in [4.69, 9.17) is 29.4 Å². The molecule has 24 heavy (non-hydrogen) atoms. The van der Waals surface area contributed by atoms with Gasteiger partial charge in [-0.3, -0.25) is 0 Å². The summed E-state index contributed by atoms with van der Waals surface area (Å²) in [5.74, 6) is 0. The van der Waals surface area contributed by atoms with Gasteiger partial charge in [0, 0.05) is 0 Å². The molecule has 0 aliphatic heterocycles. The maximum absolute atomic E-state index is 11.1. The lowest BCUT2D eigenvalue weighted by Gasteiger charge is -2.18. The lowest BCUT2D eigenvalue weighted by Crippen LogP contribution is -1.97. The van der Waals surface area contributed by atoms with Crippen LogP contribution in [-0.2, 0) is 53.5 Å². The van der Waals surface area contributed by atoms with Crippen molar-refractivity contribution in [3.8, 4) is 0 Å². The Hall–Kier alpha value is 0.610. The fraction of sp³-hybridized carbons (Fsp3) is 0. The van der Waals surface area contributed by atoms with Crippen LogP contribution in [0.2, 0.25) is 0 Å². The van der Waals surface area contributed by atoms with Crippen LogP contribution in [0, 0.1) is 0 Å². The summed E-state index contributed by atoms with van der Waals surface area (Å²) in [6.45, 7) is 0. The Kier molecular flexibility index (Phi) is 8.30. The van der Waals surface area contributed by atoms with Gasteiger partial charge in [-0.2, -0.15) is 21.6 Å². The normalized spacial score (nSPS) is 22.6. The molecule has 6 N–H and O–H groups in total. The van der Waals surface area contributed by atoms with Crippen molar-refractivity contribution < 1.29 is 82.9 Å². The predicted octanol–water partition coefficient (Wildman–Crippen LogP) is 0.652. The van der Waals surface area contributed by atoms with Crippen molar-refractivity contribution in [2.75, 3.05) is 0 Å². The van der Waals surface area contributed by atoms with E-state index in [2.05, 4.69) is 21.6 Å². The highest BCUT2D eigenvalue weighted by Gasteiger charge is 2.47. The second-order valence-corrected chi connectivity index (χ2v) is 11.4. The van der Waals surface area contributed by atoms with Crippen LogP contribution < -0.4 is 0 Å². The first-order valence-corrected chi connectivity index (χ1v) is 12.9. The Morgan fingerprint density at radius 1 is 0.542 bits per heavy atom. The van der Waals surface area contributed by atoms with E-state index in [1.54, 1.807) is 0 Å². The monoisotopic (exact) mass is 480 g/mol. The van der Waals surface area contributed by atoms with Gasteiger partial charge in [0.2, 0.25) is 0 Å². The van der Waals surface area contributed by atoms with Gasteiger partial charge in [0.25, 0.3) is 0 Å². The molecule has 18 nitrogen and oxygen atoms in total. The first kappa shape index (κ1) is 24.6. The van der Waals surface area contributed by atoms with Gasteiger partial charge >= 0.3 is 47.0 Å². The van der Waals surface area contributed by atoms with Crippen LogP contribution in [0.15, 0.2) is 0 Å². The largest absolute Gasteiger partial charge is 0.493 e. The minimum absolute atomic E-state index is 3.05. The fourth-order valence-electron chi connectivity index (χ4n) is 0.669. The molecule has 0 rings (SSSR count). The Morgan fingerprint density at radius 3 is 1.12 bits per heavy atom. The Labute approximate surface area is 130 Å². The fourth-order valence-corrected chi connectivity index (χ4v) is 7.10. The molecule has 0 aromatic carbocycles. The predicted molar refractivity (Wildman–Crippen MR) is 65.1 cm³/mol. The standard InChI is InChI=1S/H6O18P6/c1-19(2)14-21(6,7)16-23(10,11)18-24(12,13)17-22(8,9)15-20(3,4)5/h(H,6,7)(H,8,9)(H,10,11)(H,12,13)(H2,3,4,5). The number of rotatable bonds is 10. The third kappa shape index (κ3) is 12.0. The van der Waals surface area contributed by atoms with E-state index in [0.717, 1.165) is 0 Å². The Balaban J connectivity index is 5.18. The van der Waals surface area contributed by atoms with Gasteiger partial charge in [-0.05, 0) is 0 Å². The van der Waals surface area contributed by atoms with Crippen LogP contribution in [0.25, 0.3) is 0 Å². The molecule has 0 aliphatic carbocycles. The summed E-state index contributed by atoms with van der Waals surface area (Å²) in [4.78, 5) is 51.5. The molecule has 0 bridgehead atoms. The highest BCUT2D eigenvalue weighted by molar-refractivity contribution is 7.71. The van der Waals surface area contributed by atoms with E-state index in [-0.39, 0.29) is 0 Å². The van der Waals surface area contributed by atoms with E-state index >= 15 is 0 Å². The lowest BCUT2D eigenvalue weighted by atomic mass is 15.7. The zero-order valence-electron chi connectivity index (χ0n) is 10.3. The molecule has 144 valence electrons. The highest BCUT2D eigenvalue weighted by Crippen LogP contribution is 2.73. The van der Waals surface area contributed by atoms with Crippen molar-refractivity contribution in [2.24, 2.45) is 0 Å². The molecule has 0 radical (unpaired) electrons. The smallest absolute Gasteiger partial charge is 0.302 e. The lowest BCUT2D eigenvalue weighted by molar-refractivity contribution is 0.189. The van der Waals surface area contributed by atoms with Crippen LogP contribution in [-0.4, -0.2) is 29.4 Å². The molecule has 0 aliphatic rings. The van der Waals surface area contributed by atoms with E-state index < -0.39 is 47.0 Å².